The largest absolute Gasteiger partial charge is 0.353 e. The summed E-state index contributed by atoms with van der Waals surface area (Å²) in [6.07, 6.45) is 5.23. The van der Waals surface area contributed by atoms with Gasteiger partial charge in [0.1, 0.15) is 4.83 Å². The summed E-state index contributed by atoms with van der Waals surface area (Å²) in [5.74, 6) is 8.45. The van der Waals surface area contributed by atoms with Crippen LogP contribution in [0, 0.1) is 17.8 Å². The number of nitrogens with one attached hydrogen (secondary N) is 1. The van der Waals surface area contributed by atoms with Crippen molar-refractivity contribution in [3.8, 4) is 11.1 Å². The fourth-order valence-electron chi connectivity index (χ4n) is 5.36. The Labute approximate surface area is 189 Å². The van der Waals surface area contributed by atoms with E-state index in [0.717, 1.165) is 27.6 Å². The Morgan fingerprint density at radius 3 is 2.84 bits per heavy atom. The van der Waals surface area contributed by atoms with Crippen LogP contribution in [0.2, 0.25) is 0 Å². The molecule has 2 aromatic heterocycles. The van der Waals surface area contributed by atoms with E-state index < -0.39 is 0 Å². The van der Waals surface area contributed by atoms with Gasteiger partial charge in [0, 0.05) is 17.0 Å². The molecule has 2 aliphatic rings. The molecule has 2 saturated carbocycles. The lowest BCUT2D eigenvalue weighted by atomic mass is 9.84. The molecule has 4 atom stereocenters. The second kappa shape index (κ2) is 8.31. The van der Waals surface area contributed by atoms with Crippen LogP contribution in [0.1, 0.15) is 32.6 Å². The Hall–Kier alpha value is -2.32. The van der Waals surface area contributed by atoms with Gasteiger partial charge in [0.25, 0.3) is 5.56 Å². The number of fused-ring (bicyclic) bond motifs is 3. The number of carbonyl (C=O) groups is 1. The highest BCUT2D eigenvalue weighted by atomic mass is 32.2. The van der Waals surface area contributed by atoms with Crippen LogP contribution in [0.25, 0.3) is 21.3 Å². The van der Waals surface area contributed by atoms with E-state index in [-0.39, 0.29) is 23.3 Å². The zero-order chi connectivity index (χ0) is 21.5. The van der Waals surface area contributed by atoms with Crippen molar-refractivity contribution in [3.63, 3.8) is 0 Å². The molecule has 1 aromatic carbocycles. The number of nitrogens with zero attached hydrogens (tertiary/aromatic N) is 2. The maximum atomic E-state index is 13.0. The second-order valence-corrected chi connectivity index (χ2v) is 10.5. The van der Waals surface area contributed by atoms with Crippen molar-refractivity contribution >= 4 is 39.2 Å². The van der Waals surface area contributed by atoms with E-state index in [9.17, 15) is 9.59 Å². The molecular weight excluding hydrogens is 428 g/mol. The molecule has 2 bridgehead atoms. The molecule has 2 aliphatic carbocycles. The molecule has 8 heteroatoms. The highest BCUT2D eigenvalue weighted by molar-refractivity contribution is 7.99. The van der Waals surface area contributed by atoms with Gasteiger partial charge in [0.2, 0.25) is 5.91 Å². The Morgan fingerprint density at radius 1 is 1.32 bits per heavy atom. The van der Waals surface area contributed by atoms with Crippen LogP contribution in [0.5, 0.6) is 0 Å². The molecule has 0 saturated heterocycles. The third kappa shape index (κ3) is 3.87. The van der Waals surface area contributed by atoms with Crippen LogP contribution >= 0.6 is 23.1 Å². The Bertz CT molecular complexity index is 1170. The lowest BCUT2D eigenvalue weighted by molar-refractivity contribution is -0.119. The SMILES string of the molecule is CC(NC(=O)CSc1nc2scc(-c3ccccc3)c2c(=O)n1N)C1CC2CCC1C2. The van der Waals surface area contributed by atoms with Crippen LogP contribution < -0.4 is 16.7 Å². The number of nitrogens with two attached hydrogens (primary N) is 1. The predicted molar refractivity (Wildman–Crippen MR) is 127 cm³/mol. The van der Waals surface area contributed by atoms with Crippen LogP contribution in [-0.4, -0.2) is 27.4 Å². The molecule has 3 N–H and O–H groups in total. The number of carbonyl (C=O) groups excluding carboxylic acids is 1. The van der Waals surface area contributed by atoms with Crippen LogP contribution in [-0.2, 0) is 4.79 Å². The summed E-state index contributed by atoms with van der Waals surface area (Å²) < 4.78 is 1.07. The molecule has 2 heterocycles. The number of hydrogen-bond acceptors (Lipinski definition) is 6. The highest BCUT2D eigenvalue weighted by Gasteiger charge is 2.42. The monoisotopic (exact) mass is 454 g/mol. The third-order valence-electron chi connectivity index (χ3n) is 6.85. The van der Waals surface area contributed by atoms with Gasteiger partial charge in [-0.3, -0.25) is 9.59 Å². The molecule has 0 aliphatic heterocycles. The number of hydrogen-bond donors (Lipinski definition) is 2. The van der Waals surface area contributed by atoms with Gasteiger partial charge in [-0.05, 0) is 49.5 Å². The molecular formula is C23H26N4O2S2. The number of amides is 1. The van der Waals surface area contributed by atoms with E-state index in [4.69, 9.17) is 5.84 Å². The van der Waals surface area contributed by atoms with Crippen molar-refractivity contribution < 1.29 is 4.79 Å². The first-order valence-corrected chi connectivity index (χ1v) is 12.6. The number of thiophene rings is 1. The molecule has 6 nitrogen and oxygen atoms in total. The van der Waals surface area contributed by atoms with Crippen molar-refractivity contribution in [2.24, 2.45) is 17.8 Å². The van der Waals surface area contributed by atoms with Crippen molar-refractivity contribution in [1.29, 1.82) is 0 Å². The first-order valence-electron chi connectivity index (χ1n) is 10.8. The van der Waals surface area contributed by atoms with E-state index >= 15 is 0 Å². The van der Waals surface area contributed by atoms with E-state index in [1.165, 1.54) is 48.8 Å². The molecule has 5 rings (SSSR count). The lowest BCUT2D eigenvalue weighted by Crippen LogP contribution is -2.41. The molecule has 1 amide bonds. The summed E-state index contributed by atoms with van der Waals surface area (Å²) in [5, 5.41) is 5.99. The number of nitrogen functional groups attached to an aromatic ring is 1. The smallest absolute Gasteiger partial charge is 0.282 e. The molecule has 0 spiro atoms. The summed E-state index contributed by atoms with van der Waals surface area (Å²) in [6, 6.07) is 9.93. The molecule has 3 aromatic rings. The van der Waals surface area contributed by atoms with Gasteiger partial charge in [-0.2, -0.15) is 0 Å². The number of rotatable bonds is 6. The fraction of sp³-hybridized carbons (Fsp3) is 0.435. The number of thioether (sulfide) groups is 1. The van der Waals surface area contributed by atoms with Crippen LogP contribution in [0.4, 0.5) is 0 Å². The first-order chi connectivity index (χ1) is 15.0. The Kier molecular flexibility index (Phi) is 5.52. The van der Waals surface area contributed by atoms with Gasteiger partial charge in [0.05, 0.1) is 11.1 Å². The van der Waals surface area contributed by atoms with Crippen molar-refractivity contribution in [2.75, 3.05) is 11.6 Å². The minimum absolute atomic E-state index is 0.0363. The standard InChI is InChI=1S/C23H26N4O2S2/c1-13(17-10-14-7-8-16(17)9-14)25-19(28)12-31-23-26-21-20(22(29)27(23)24)18(11-30-21)15-5-3-2-4-6-15/h2-6,11,13-14,16-17H,7-10,12,24H2,1H3,(H,25,28). The quantitative estimate of drug-likeness (QED) is 0.335. The van der Waals surface area contributed by atoms with Crippen LogP contribution in [0.15, 0.2) is 45.7 Å². The van der Waals surface area contributed by atoms with E-state index in [2.05, 4.69) is 17.2 Å². The average Bonchev–Trinajstić information content (AvgIpc) is 3.51. The minimum atomic E-state index is -0.289. The van der Waals surface area contributed by atoms with Crippen molar-refractivity contribution in [1.82, 2.24) is 15.0 Å². The zero-order valence-corrected chi connectivity index (χ0v) is 19.0. The van der Waals surface area contributed by atoms with Gasteiger partial charge in [-0.15, -0.1) is 11.3 Å². The van der Waals surface area contributed by atoms with Crippen molar-refractivity contribution in [3.05, 3.63) is 46.1 Å². The predicted octanol–water partition coefficient (Wildman–Crippen LogP) is 3.87. The fourth-order valence-corrected chi connectivity index (χ4v) is 7.07. The topological polar surface area (TPSA) is 90.0 Å². The molecule has 0 radical (unpaired) electrons. The van der Waals surface area contributed by atoms with Gasteiger partial charge in [-0.25, -0.2) is 9.66 Å². The lowest BCUT2D eigenvalue weighted by Gasteiger charge is -2.28. The molecule has 162 valence electrons. The number of benzene rings is 1. The van der Waals surface area contributed by atoms with Gasteiger partial charge in [-0.1, -0.05) is 48.5 Å². The van der Waals surface area contributed by atoms with E-state index in [1.807, 2.05) is 35.7 Å². The zero-order valence-electron chi connectivity index (χ0n) is 17.4. The van der Waals surface area contributed by atoms with E-state index in [1.54, 1.807) is 0 Å². The highest BCUT2D eigenvalue weighted by Crippen LogP contribution is 2.49. The molecule has 2 fully saturated rings. The molecule has 4 unspecified atom stereocenters. The van der Waals surface area contributed by atoms with Crippen LogP contribution in [0.3, 0.4) is 0 Å². The maximum absolute atomic E-state index is 13.0. The Morgan fingerprint density at radius 2 is 2.13 bits per heavy atom. The van der Waals surface area contributed by atoms with Gasteiger partial charge < -0.3 is 11.2 Å². The first kappa shape index (κ1) is 20.6. The summed E-state index contributed by atoms with van der Waals surface area (Å²) in [5.41, 5.74) is 1.51. The van der Waals surface area contributed by atoms with Crippen molar-refractivity contribution in [2.45, 2.75) is 43.8 Å². The number of aromatic nitrogens is 2. The van der Waals surface area contributed by atoms with Gasteiger partial charge in [0.15, 0.2) is 5.16 Å². The summed E-state index contributed by atoms with van der Waals surface area (Å²) in [4.78, 5) is 30.7. The summed E-state index contributed by atoms with van der Waals surface area (Å²) in [6.45, 7) is 2.12. The van der Waals surface area contributed by atoms with E-state index in [0.29, 0.717) is 21.3 Å². The maximum Gasteiger partial charge on any atom is 0.282 e. The molecule has 31 heavy (non-hydrogen) atoms. The second-order valence-electron chi connectivity index (χ2n) is 8.75. The Balaban J connectivity index is 1.29. The average molecular weight is 455 g/mol. The van der Waals surface area contributed by atoms with Gasteiger partial charge >= 0.3 is 0 Å². The third-order valence-corrected chi connectivity index (χ3v) is 8.67. The summed E-state index contributed by atoms with van der Waals surface area (Å²) >= 11 is 2.63. The summed E-state index contributed by atoms with van der Waals surface area (Å²) in [7, 11) is 0. The minimum Gasteiger partial charge on any atom is -0.353 e. The normalized spacial score (nSPS) is 23.3.